The Morgan fingerprint density at radius 2 is 1.85 bits per heavy atom. The van der Waals surface area contributed by atoms with Gasteiger partial charge in [-0.25, -0.2) is 0 Å². The van der Waals surface area contributed by atoms with E-state index in [0.29, 0.717) is 6.54 Å². The molecule has 1 aromatic heterocycles. The second-order valence-electron chi connectivity index (χ2n) is 7.19. The number of hydrogen-bond donors (Lipinski definition) is 1. The van der Waals surface area contributed by atoms with Crippen molar-refractivity contribution in [2.75, 3.05) is 6.54 Å². The van der Waals surface area contributed by atoms with Gasteiger partial charge >= 0.3 is 0 Å². The van der Waals surface area contributed by atoms with Crippen LogP contribution in [0.5, 0.6) is 0 Å². The highest BCUT2D eigenvalue weighted by molar-refractivity contribution is 5.95. The van der Waals surface area contributed by atoms with Crippen LogP contribution in [0.1, 0.15) is 30.7 Å². The summed E-state index contributed by atoms with van der Waals surface area (Å²) in [5.74, 6) is 0.157. The van der Waals surface area contributed by atoms with Crippen molar-refractivity contribution in [3.05, 3.63) is 83.6 Å². The summed E-state index contributed by atoms with van der Waals surface area (Å²) in [7, 11) is 0. The van der Waals surface area contributed by atoms with E-state index in [-0.39, 0.29) is 5.91 Å². The Labute approximate surface area is 154 Å². The van der Waals surface area contributed by atoms with Gasteiger partial charge < -0.3 is 9.88 Å². The molecule has 1 amide bonds. The topological polar surface area (TPSA) is 36.1 Å². The number of carbonyl (C=O) groups is 1. The van der Waals surface area contributed by atoms with Crippen LogP contribution in [0, 0.1) is 0 Å². The van der Waals surface area contributed by atoms with Crippen LogP contribution < -0.4 is 0 Å². The molecule has 1 atom stereocenters. The monoisotopic (exact) mass is 344 g/mol. The summed E-state index contributed by atoms with van der Waals surface area (Å²) >= 11 is 0. The van der Waals surface area contributed by atoms with Crippen LogP contribution in [0.15, 0.2) is 66.7 Å². The van der Waals surface area contributed by atoms with E-state index in [1.807, 2.05) is 55.2 Å². The van der Waals surface area contributed by atoms with E-state index in [1.165, 1.54) is 16.5 Å². The Kier molecular flexibility index (Phi) is 4.15. The van der Waals surface area contributed by atoms with Crippen LogP contribution in [0.4, 0.5) is 0 Å². The van der Waals surface area contributed by atoms with Crippen LogP contribution in [-0.4, -0.2) is 22.3 Å². The molecule has 0 fully saturated rings. The van der Waals surface area contributed by atoms with Gasteiger partial charge in [0.05, 0.1) is 0 Å². The van der Waals surface area contributed by atoms with E-state index in [1.54, 1.807) is 0 Å². The molecule has 2 heterocycles. The summed E-state index contributed by atoms with van der Waals surface area (Å²) in [5, 5.41) is 1.23. The zero-order valence-corrected chi connectivity index (χ0v) is 15.3. The molecule has 4 rings (SSSR count). The molecule has 1 aliphatic rings. The molecule has 0 bridgehead atoms. The highest BCUT2D eigenvalue weighted by Crippen LogP contribution is 2.37. The predicted octanol–water partition coefficient (Wildman–Crippen LogP) is 4.59. The summed E-state index contributed by atoms with van der Waals surface area (Å²) in [6.07, 6.45) is 4.89. The Hall–Kier alpha value is -2.81. The molecule has 3 nitrogen and oxygen atoms in total. The molecule has 132 valence electrons. The van der Waals surface area contributed by atoms with E-state index in [4.69, 9.17) is 0 Å². The second kappa shape index (κ2) is 6.49. The van der Waals surface area contributed by atoms with E-state index < -0.39 is 5.41 Å². The molecule has 0 aliphatic carbocycles. The van der Waals surface area contributed by atoms with Gasteiger partial charge in [-0.2, -0.15) is 0 Å². The van der Waals surface area contributed by atoms with Crippen LogP contribution >= 0.6 is 0 Å². The molecular weight excluding hydrogens is 320 g/mol. The van der Waals surface area contributed by atoms with Gasteiger partial charge in [0.2, 0.25) is 5.91 Å². The largest absolute Gasteiger partial charge is 0.357 e. The number of aromatic nitrogens is 1. The number of rotatable bonds is 3. The first-order chi connectivity index (χ1) is 12.6. The third kappa shape index (κ3) is 2.64. The van der Waals surface area contributed by atoms with Crippen LogP contribution in [0.2, 0.25) is 0 Å². The predicted molar refractivity (Wildman–Crippen MR) is 106 cm³/mol. The lowest BCUT2D eigenvalue weighted by Crippen LogP contribution is -2.43. The smallest absolute Gasteiger partial charge is 0.238 e. The number of para-hydroxylation sites is 1. The molecule has 0 radical (unpaired) electrons. The van der Waals surface area contributed by atoms with Crippen molar-refractivity contribution in [3.63, 3.8) is 0 Å². The number of nitrogens with one attached hydrogen (secondary N) is 1. The van der Waals surface area contributed by atoms with Gasteiger partial charge in [-0.05, 0) is 37.5 Å². The lowest BCUT2D eigenvalue weighted by atomic mass is 9.83. The van der Waals surface area contributed by atoms with Crippen LogP contribution in [-0.2, 0) is 23.2 Å². The van der Waals surface area contributed by atoms with Crippen molar-refractivity contribution < 1.29 is 4.79 Å². The molecule has 1 N–H and O–H groups in total. The van der Waals surface area contributed by atoms with Gasteiger partial charge in [0.1, 0.15) is 5.41 Å². The van der Waals surface area contributed by atoms with Crippen molar-refractivity contribution in [1.29, 1.82) is 0 Å². The molecule has 0 saturated carbocycles. The third-order valence-corrected chi connectivity index (χ3v) is 5.41. The van der Waals surface area contributed by atoms with Gasteiger partial charge in [0.25, 0.3) is 0 Å². The van der Waals surface area contributed by atoms with Gasteiger partial charge in [0, 0.05) is 29.7 Å². The van der Waals surface area contributed by atoms with E-state index in [9.17, 15) is 4.79 Å². The zero-order valence-electron chi connectivity index (χ0n) is 15.3. The lowest BCUT2D eigenvalue weighted by Gasteiger charge is -2.30. The number of carbonyl (C=O) groups excluding carboxylic acids is 1. The average Bonchev–Trinajstić information content (AvgIpc) is 3.01. The standard InChI is InChI=1S/C23H24N2O/c1-3-14-23(2)21-19(18-11-7-8-12-20(18)24-21)13-15-25(22(23)26)16-17-9-5-4-6-10-17/h3-12,14,24H,13,15-16H2,1-2H3/b14-3+. The Morgan fingerprint density at radius 1 is 1.12 bits per heavy atom. The van der Waals surface area contributed by atoms with Gasteiger partial charge in [0.15, 0.2) is 0 Å². The minimum absolute atomic E-state index is 0.157. The van der Waals surface area contributed by atoms with Gasteiger partial charge in [-0.15, -0.1) is 0 Å². The Morgan fingerprint density at radius 3 is 2.62 bits per heavy atom. The average molecular weight is 344 g/mol. The number of aromatic amines is 1. The number of H-pyrrole nitrogens is 1. The number of allylic oxidation sites excluding steroid dienone is 1. The minimum atomic E-state index is -0.672. The molecular formula is C23H24N2O. The molecule has 26 heavy (non-hydrogen) atoms. The van der Waals surface area contributed by atoms with E-state index in [0.717, 1.165) is 24.2 Å². The molecule has 2 aromatic carbocycles. The van der Waals surface area contributed by atoms with E-state index in [2.05, 4.69) is 35.3 Å². The summed E-state index contributed by atoms with van der Waals surface area (Å²) in [4.78, 5) is 19.1. The minimum Gasteiger partial charge on any atom is -0.357 e. The first-order valence-electron chi connectivity index (χ1n) is 9.20. The maximum Gasteiger partial charge on any atom is 0.238 e. The van der Waals surface area contributed by atoms with Crippen molar-refractivity contribution in [1.82, 2.24) is 9.88 Å². The third-order valence-electron chi connectivity index (χ3n) is 5.41. The van der Waals surface area contributed by atoms with Crippen molar-refractivity contribution in [2.24, 2.45) is 0 Å². The zero-order chi connectivity index (χ0) is 18.1. The maximum atomic E-state index is 13.6. The fourth-order valence-corrected chi connectivity index (χ4v) is 4.13. The Bertz CT molecular complexity index is 970. The highest BCUT2D eigenvalue weighted by Gasteiger charge is 2.41. The van der Waals surface area contributed by atoms with Crippen molar-refractivity contribution in [2.45, 2.75) is 32.2 Å². The molecule has 3 heteroatoms. The highest BCUT2D eigenvalue weighted by atomic mass is 16.2. The maximum absolute atomic E-state index is 13.6. The lowest BCUT2D eigenvalue weighted by molar-refractivity contribution is -0.135. The first kappa shape index (κ1) is 16.6. The number of hydrogen-bond acceptors (Lipinski definition) is 1. The Balaban J connectivity index is 1.81. The SMILES string of the molecule is C/C=C/C1(C)C(=O)N(Cc2ccccc2)CCc2c1[nH]c1ccccc21. The number of nitrogens with zero attached hydrogens (tertiary/aromatic N) is 1. The van der Waals surface area contributed by atoms with Gasteiger partial charge in [-0.1, -0.05) is 60.7 Å². The molecule has 0 spiro atoms. The summed E-state index contributed by atoms with van der Waals surface area (Å²) in [6, 6.07) is 18.6. The quantitative estimate of drug-likeness (QED) is 0.693. The van der Waals surface area contributed by atoms with Crippen LogP contribution in [0.3, 0.4) is 0 Å². The normalized spacial score (nSPS) is 20.5. The molecule has 0 saturated heterocycles. The molecule has 1 aliphatic heterocycles. The fraction of sp³-hybridized carbons (Fsp3) is 0.261. The van der Waals surface area contributed by atoms with Crippen LogP contribution in [0.25, 0.3) is 10.9 Å². The molecule has 3 aromatic rings. The number of fused-ring (bicyclic) bond motifs is 3. The number of amides is 1. The number of benzene rings is 2. The summed E-state index contributed by atoms with van der Waals surface area (Å²) in [5.41, 5.74) is 3.91. The first-order valence-corrected chi connectivity index (χ1v) is 9.20. The van der Waals surface area contributed by atoms with Crippen molar-refractivity contribution >= 4 is 16.8 Å². The fourth-order valence-electron chi connectivity index (χ4n) is 4.13. The second-order valence-corrected chi connectivity index (χ2v) is 7.19. The van der Waals surface area contributed by atoms with E-state index >= 15 is 0 Å². The molecule has 1 unspecified atom stereocenters. The summed E-state index contributed by atoms with van der Waals surface area (Å²) < 4.78 is 0. The van der Waals surface area contributed by atoms with Gasteiger partial charge in [-0.3, -0.25) is 4.79 Å². The summed E-state index contributed by atoms with van der Waals surface area (Å²) in [6.45, 7) is 5.39. The van der Waals surface area contributed by atoms with Crippen molar-refractivity contribution in [3.8, 4) is 0 Å².